The largest absolute Gasteiger partial charge is 0.445 e. The van der Waals surface area contributed by atoms with Crippen LogP contribution in [0.2, 0.25) is 0 Å². The first-order valence-corrected chi connectivity index (χ1v) is 15.1. The molecule has 0 saturated heterocycles. The first-order chi connectivity index (χ1) is 20.7. The Labute approximate surface area is 255 Å². The second-order valence-corrected chi connectivity index (χ2v) is 10.3. The zero-order valence-electron chi connectivity index (χ0n) is 26.0. The number of anilines is 1. The Balaban J connectivity index is 2.87. The van der Waals surface area contributed by atoms with Gasteiger partial charge in [0.2, 0.25) is 11.8 Å². The number of carbonyl (C=O) groups excluding carboxylic acids is 4. The second-order valence-electron chi connectivity index (χ2n) is 10.3. The molecule has 5 amide bonds. The van der Waals surface area contributed by atoms with E-state index in [1.807, 2.05) is 37.4 Å². The Hall–Kier alpha value is -3.84. The van der Waals surface area contributed by atoms with Crippen LogP contribution in [-0.4, -0.2) is 81.7 Å². The maximum atomic E-state index is 12.8. The molecule has 1 rings (SSSR count). The number of likely N-dealkylation sites (N-methyl/N-ethyl adjacent to an activating group) is 2. The molecule has 0 aliphatic carbocycles. The molecule has 0 heterocycles. The minimum absolute atomic E-state index is 0.135. The summed E-state index contributed by atoms with van der Waals surface area (Å²) >= 11 is 0. The van der Waals surface area contributed by atoms with Gasteiger partial charge in [0.15, 0.2) is 0 Å². The number of ether oxygens (including phenoxy) is 1. The molecule has 0 fully saturated rings. The number of hydrogen-bond acceptors (Lipinski definition) is 8. The highest BCUT2D eigenvalue weighted by atomic mass is 16.6. The fraction of sp³-hybridized carbons (Fsp3) is 0.600. The monoisotopic (exact) mass is 604 g/mol. The number of hydrogen-bond donors (Lipinski definition) is 7. The predicted molar refractivity (Wildman–Crippen MR) is 169 cm³/mol. The van der Waals surface area contributed by atoms with Crippen LogP contribution in [0.25, 0.3) is 0 Å². The van der Waals surface area contributed by atoms with Crippen molar-refractivity contribution < 1.29 is 23.9 Å². The zero-order valence-corrected chi connectivity index (χ0v) is 26.0. The summed E-state index contributed by atoms with van der Waals surface area (Å²) in [6.07, 6.45) is 7.24. The minimum Gasteiger partial charge on any atom is -0.445 e. The highest BCUT2D eigenvalue weighted by molar-refractivity contribution is 5.85. The van der Waals surface area contributed by atoms with Gasteiger partial charge in [-0.3, -0.25) is 9.59 Å². The van der Waals surface area contributed by atoms with Crippen LogP contribution < -0.4 is 38.1 Å². The van der Waals surface area contributed by atoms with Gasteiger partial charge < -0.3 is 47.7 Å². The van der Waals surface area contributed by atoms with Gasteiger partial charge >= 0.3 is 12.1 Å². The van der Waals surface area contributed by atoms with Gasteiger partial charge in [-0.2, -0.15) is 0 Å². The highest BCUT2D eigenvalue weighted by Crippen LogP contribution is 2.18. The van der Waals surface area contributed by atoms with Gasteiger partial charge in [-0.05, 0) is 63.4 Å². The van der Waals surface area contributed by atoms with Crippen molar-refractivity contribution in [2.24, 2.45) is 11.5 Å². The minimum atomic E-state index is -0.606. The SMILES string of the molecule is CCC/C=C(\Nc1ccc(COC(=O)N(C)CCNC)cc1)C(CCCNC(N)=O)NC(=O)CNC(=O)CCCCCN. The van der Waals surface area contributed by atoms with E-state index < -0.39 is 18.2 Å². The predicted octanol–water partition coefficient (Wildman–Crippen LogP) is 2.14. The molecule has 43 heavy (non-hydrogen) atoms. The average Bonchev–Trinajstić information content (AvgIpc) is 2.99. The van der Waals surface area contributed by atoms with Crippen molar-refractivity contribution in [3.8, 4) is 0 Å². The van der Waals surface area contributed by atoms with Crippen molar-refractivity contribution in [2.45, 2.75) is 70.9 Å². The Bertz CT molecular complexity index is 1000. The van der Waals surface area contributed by atoms with Crippen molar-refractivity contribution in [1.29, 1.82) is 0 Å². The lowest BCUT2D eigenvalue weighted by Crippen LogP contribution is -2.44. The van der Waals surface area contributed by atoms with E-state index in [1.54, 1.807) is 7.05 Å². The quantitative estimate of drug-likeness (QED) is 0.0978. The number of nitrogens with zero attached hydrogens (tertiary/aromatic N) is 1. The molecule has 1 atom stereocenters. The van der Waals surface area contributed by atoms with Crippen molar-refractivity contribution in [3.05, 3.63) is 41.6 Å². The molecule has 1 unspecified atom stereocenters. The topological polar surface area (TPSA) is 193 Å². The molecule has 0 aromatic heterocycles. The molecule has 0 bridgehead atoms. The van der Waals surface area contributed by atoms with Gasteiger partial charge in [-0.1, -0.05) is 38.0 Å². The Morgan fingerprint density at radius 2 is 1.74 bits per heavy atom. The van der Waals surface area contributed by atoms with Crippen LogP contribution in [0, 0.1) is 0 Å². The fourth-order valence-corrected chi connectivity index (χ4v) is 4.00. The number of allylic oxidation sites excluding steroid dienone is 1. The van der Waals surface area contributed by atoms with E-state index in [1.165, 1.54) is 4.90 Å². The lowest BCUT2D eigenvalue weighted by Gasteiger charge is -2.24. The molecule has 0 radical (unpaired) electrons. The van der Waals surface area contributed by atoms with E-state index >= 15 is 0 Å². The van der Waals surface area contributed by atoms with E-state index in [2.05, 4.69) is 33.5 Å². The summed E-state index contributed by atoms with van der Waals surface area (Å²) in [5, 5.41) is 14.7. The van der Waals surface area contributed by atoms with Gasteiger partial charge in [-0.25, -0.2) is 9.59 Å². The normalized spacial score (nSPS) is 11.8. The number of benzene rings is 1. The number of primary amides is 1. The fourth-order valence-electron chi connectivity index (χ4n) is 4.00. The van der Waals surface area contributed by atoms with Crippen LogP contribution in [0.5, 0.6) is 0 Å². The summed E-state index contributed by atoms with van der Waals surface area (Å²) in [5.41, 5.74) is 13.1. The number of rotatable bonds is 22. The third kappa shape index (κ3) is 17.7. The molecular weight excluding hydrogens is 552 g/mol. The summed E-state index contributed by atoms with van der Waals surface area (Å²) in [7, 11) is 3.51. The van der Waals surface area contributed by atoms with E-state index in [-0.39, 0.29) is 25.0 Å². The number of nitrogens with one attached hydrogen (secondary N) is 5. The summed E-state index contributed by atoms with van der Waals surface area (Å²) in [6, 6.07) is 6.49. The average molecular weight is 605 g/mol. The highest BCUT2D eigenvalue weighted by Gasteiger charge is 2.18. The summed E-state index contributed by atoms with van der Waals surface area (Å²) in [6.45, 7) is 4.25. The molecule has 1 aromatic carbocycles. The number of amides is 5. The summed E-state index contributed by atoms with van der Waals surface area (Å²) in [4.78, 5) is 49.8. The molecule has 13 nitrogen and oxygen atoms in total. The van der Waals surface area contributed by atoms with Gasteiger partial charge in [0.25, 0.3) is 0 Å². The van der Waals surface area contributed by atoms with Crippen LogP contribution in [0.3, 0.4) is 0 Å². The van der Waals surface area contributed by atoms with Gasteiger partial charge in [0, 0.05) is 44.5 Å². The lowest BCUT2D eigenvalue weighted by molar-refractivity contribution is -0.126. The molecule has 13 heteroatoms. The van der Waals surface area contributed by atoms with Gasteiger partial charge in [-0.15, -0.1) is 0 Å². The van der Waals surface area contributed by atoms with E-state index in [4.69, 9.17) is 16.2 Å². The van der Waals surface area contributed by atoms with E-state index in [0.29, 0.717) is 45.4 Å². The number of urea groups is 1. The lowest BCUT2D eigenvalue weighted by atomic mass is 10.0. The van der Waals surface area contributed by atoms with Crippen molar-refractivity contribution in [1.82, 2.24) is 26.2 Å². The third-order valence-electron chi connectivity index (χ3n) is 6.50. The van der Waals surface area contributed by atoms with Crippen LogP contribution in [0.1, 0.15) is 63.9 Å². The Morgan fingerprint density at radius 1 is 1.00 bits per heavy atom. The first kappa shape index (κ1) is 37.2. The molecule has 1 aromatic rings. The zero-order chi connectivity index (χ0) is 31.9. The van der Waals surface area contributed by atoms with Crippen LogP contribution >= 0.6 is 0 Å². The standard InChI is InChI=1S/C30H52N8O5/c1-4-5-10-25(36-24-15-13-23(14-16-24)22-43-30(42)38(3)20-19-33-2)26(11-9-18-34-29(32)41)37-28(40)21-35-27(39)12-7-6-8-17-31/h10,13-16,26,33,36H,4-9,11-12,17-22,31H2,1-3H3,(H,35,39)(H,37,40)(H3,32,34,41)/b25-10-. The second kappa shape index (κ2) is 22.7. The maximum Gasteiger partial charge on any atom is 0.409 e. The van der Waals surface area contributed by atoms with Crippen molar-refractivity contribution >= 4 is 29.6 Å². The van der Waals surface area contributed by atoms with Crippen LogP contribution in [-0.2, 0) is 20.9 Å². The summed E-state index contributed by atoms with van der Waals surface area (Å²) < 4.78 is 5.39. The van der Waals surface area contributed by atoms with Crippen molar-refractivity contribution in [3.63, 3.8) is 0 Å². The third-order valence-corrected chi connectivity index (χ3v) is 6.50. The molecule has 242 valence electrons. The Morgan fingerprint density at radius 3 is 2.40 bits per heavy atom. The molecule has 9 N–H and O–H groups in total. The molecule has 0 saturated carbocycles. The number of nitrogens with two attached hydrogens (primary N) is 2. The van der Waals surface area contributed by atoms with Crippen LogP contribution in [0.15, 0.2) is 36.0 Å². The maximum absolute atomic E-state index is 12.8. The van der Waals surface area contributed by atoms with Gasteiger partial charge in [0.05, 0.1) is 12.6 Å². The van der Waals surface area contributed by atoms with E-state index in [0.717, 1.165) is 49.1 Å². The molecular formula is C30H52N8O5. The molecule has 0 aliphatic rings. The first-order valence-electron chi connectivity index (χ1n) is 15.1. The number of unbranched alkanes of at least 4 members (excludes halogenated alkanes) is 3. The smallest absolute Gasteiger partial charge is 0.409 e. The van der Waals surface area contributed by atoms with Crippen LogP contribution in [0.4, 0.5) is 15.3 Å². The number of carbonyl (C=O) groups is 4. The molecule has 0 spiro atoms. The Kier molecular flexibility index (Phi) is 19.6. The van der Waals surface area contributed by atoms with Crippen molar-refractivity contribution in [2.75, 3.05) is 52.1 Å². The summed E-state index contributed by atoms with van der Waals surface area (Å²) in [5.74, 6) is -0.492. The molecule has 0 aliphatic heterocycles. The van der Waals surface area contributed by atoms with E-state index in [9.17, 15) is 19.2 Å². The van der Waals surface area contributed by atoms with Gasteiger partial charge in [0.1, 0.15) is 6.61 Å².